The highest BCUT2D eigenvalue weighted by molar-refractivity contribution is 9.10. The van der Waals surface area contributed by atoms with Crippen LogP contribution in [0.4, 0.5) is 5.69 Å². The van der Waals surface area contributed by atoms with Gasteiger partial charge < -0.3 is 10.1 Å². The van der Waals surface area contributed by atoms with Crippen molar-refractivity contribution in [3.63, 3.8) is 0 Å². The number of nitrogens with zero attached hydrogens (tertiary/aromatic N) is 1. The van der Waals surface area contributed by atoms with Crippen LogP contribution in [0.15, 0.2) is 52.0 Å². The van der Waals surface area contributed by atoms with Crippen molar-refractivity contribution in [2.45, 2.75) is 32.8 Å². The third-order valence-electron chi connectivity index (χ3n) is 3.41. The first-order valence-electron chi connectivity index (χ1n) is 8.67. The smallest absolute Gasteiger partial charge is 0.240 e. The van der Waals surface area contributed by atoms with Gasteiger partial charge in [0.15, 0.2) is 0 Å². The van der Waals surface area contributed by atoms with E-state index in [0.717, 1.165) is 10.0 Å². The van der Waals surface area contributed by atoms with E-state index < -0.39 is 0 Å². The minimum atomic E-state index is -0.362. The monoisotopic (exact) mass is 465 g/mol. The number of ether oxygens (including phenoxy) is 1. The van der Waals surface area contributed by atoms with Gasteiger partial charge in [0.05, 0.1) is 12.3 Å². The van der Waals surface area contributed by atoms with Crippen LogP contribution in [0.5, 0.6) is 5.75 Å². The van der Waals surface area contributed by atoms with Crippen LogP contribution in [-0.2, 0) is 9.59 Å². The van der Waals surface area contributed by atoms with Crippen LogP contribution in [0, 0.1) is 0 Å². The summed E-state index contributed by atoms with van der Waals surface area (Å²) in [4.78, 5) is 23.8. The van der Waals surface area contributed by atoms with Gasteiger partial charge in [-0.05, 0) is 50.2 Å². The Morgan fingerprint density at radius 2 is 1.93 bits per heavy atom. The number of hydrogen-bond acceptors (Lipinski definition) is 4. The first kappa shape index (κ1) is 21.9. The van der Waals surface area contributed by atoms with Crippen LogP contribution in [0.1, 0.15) is 32.3 Å². The predicted octanol–water partition coefficient (Wildman–Crippen LogP) is 4.76. The van der Waals surface area contributed by atoms with Gasteiger partial charge in [0.1, 0.15) is 5.75 Å². The number of benzene rings is 2. The van der Waals surface area contributed by atoms with Crippen molar-refractivity contribution in [2.24, 2.45) is 5.10 Å². The quantitative estimate of drug-likeness (QED) is 0.435. The summed E-state index contributed by atoms with van der Waals surface area (Å²) in [6.07, 6.45) is 1.57. The molecule has 0 heterocycles. The van der Waals surface area contributed by atoms with E-state index in [1.165, 1.54) is 6.21 Å². The van der Waals surface area contributed by atoms with E-state index in [1.54, 1.807) is 24.3 Å². The lowest BCUT2D eigenvalue weighted by Gasteiger charge is -2.12. The van der Waals surface area contributed by atoms with Crippen molar-refractivity contribution >= 4 is 51.2 Å². The van der Waals surface area contributed by atoms with E-state index in [1.807, 2.05) is 32.0 Å². The molecule has 0 aromatic heterocycles. The summed E-state index contributed by atoms with van der Waals surface area (Å²) in [5.74, 6) is 0.0249. The molecule has 0 spiro atoms. The molecule has 0 bridgehead atoms. The fourth-order valence-electron chi connectivity index (χ4n) is 2.23. The number of nitrogens with one attached hydrogen (secondary N) is 2. The van der Waals surface area contributed by atoms with Gasteiger partial charge in [0.25, 0.3) is 0 Å². The highest BCUT2D eigenvalue weighted by atomic mass is 79.9. The van der Waals surface area contributed by atoms with Gasteiger partial charge in [-0.3, -0.25) is 9.59 Å². The molecule has 0 radical (unpaired) electrons. The average Bonchev–Trinajstić information content (AvgIpc) is 2.62. The van der Waals surface area contributed by atoms with E-state index in [0.29, 0.717) is 16.5 Å². The van der Waals surface area contributed by atoms with E-state index in [9.17, 15) is 9.59 Å². The number of hydrogen-bond donors (Lipinski definition) is 2. The molecule has 28 heavy (non-hydrogen) atoms. The van der Waals surface area contributed by atoms with E-state index in [-0.39, 0.29) is 30.8 Å². The Balaban J connectivity index is 1.83. The van der Waals surface area contributed by atoms with Gasteiger partial charge in [0, 0.05) is 33.6 Å². The van der Waals surface area contributed by atoms with Crippen molar-refractivity contribution in [1.29, 1.82) is 0 Å². The molecule has 2 N–H and O–H groups in total. The Bertz CT molecular complexity index is 872. The molecule has 0 saturated carbocycles. The second kappa shape index (κ2) is 10.8. The second-order valence-electron chi connectivity index (χ2n) is 6.20. The summed E-state index contributed by atoms with van der Waals surface area (Å²) < 4.78 is 6.58. The third-order valence-corrected chi connectivity index (χ3v) is 4.14. The Kier molecular flexibility index (Phi) is 8.47. The number of anilines is 1. The van der Waals surface area contributed by atoms with Gasteiger partial charge in [-0.15, -0.1) is 0 Å². The molecule has 0 aliphatic heterocycles. The summed E-state index contributed by atoms with van der Waals surface area (Å²) in [7, 11) is 0. The number of amides is 2. The highest BCUT2D eigenvalue weighted by Crippen LogP contribution is 2.22. The molecule has 6 nitrogen and oxygen atoms in total. The molecule has 148 valence electrons. The van der Waals surface area contributed by atoms with E-state index >= 15 is 0 Å². The maximum atomic E-state index is 11.9. The summed E-state index contributed by atoms with van der Waals surface area (Å²) in [6.45, 7) is 3.86. The Morgan fingerprint density at radius 1 is 1.18 bits per heavy atom. The Hall–Kier alpha value is -2.38. The summed E-state index contributed by atoms with van der Waals surface area (Å²) in [5, 5.41) is 7.16. The Labute approximate surface area is 177 Å². The van der Waals surface area contributed by atoms with Gasteiger partial charge >= 0.3 is 0 Å². The van der Waals surface area contributed by atoms with Crippen LogP contribution in [0.25, 0.3) is 0 Å². The summed E-state index contributed by atoms with van der Waals surface area (Å²) in [5.41, 5.74) is 3.73. The largest absolute Gasteiger partial charge is 0.490 e. The lowest BCUT2D eigenvalue weighted by molar-refractivity contribution is -0.124. The van der Waals surface area contributed by atoms with Gasteiger partial charge in [-0.2, -0.15) is 5.10 Å². The van der Waals surface area contributed by atoms with Crippen molar-refractivity contribution < 1.29 is 14.3 Å². The van der Waals surface area contributed by atoms with Crippen molar-refractivity contribution in [3.8, 4) is 5.75 Å². The van der Waals surface area contributed by atoms with Crippen LogP contribution in [0.2, 0.25) is 5.02 Å². The van der Waals surface area contributed by atoms with Crippen LogP contribution in [0.3, 0.4) is 0 Å². The van der Waals surface area contributed by atoms with Crippen LogP contribution in [-0.4, -0.2) is 24.1 Å². The maximum Gasteiger partial charge on any atom is 0.240 e. The second-order valence-corrected chi connectivity index (χ2v) is 7.55. The number of carbonyl (C=O) groups is 2. The first-order chi connectivity index (χ1) is 13.3. The summed E-state index contributed by atoms with van der Waals surface area (Å²) >= 11 is 9.27. The normalized spacial score (nSPS) is 10.9. The minimum absolute atomic E-state index is 0.0115. The fourth-order valence-corrected chi connectivity index (χ4v) is 2.80. The lowest BCUT2D eigenvalue weighted by atomic mass is 10.2. The zero-order chi connectivity index (χ0) is 20.5. The molecule has 0 aliphatic rings. The zero-order valence-electron chi connectivity index (χ0n) is 15.5. The average molecular weight is 467 g/mol. The van der Waals surface area contributed by atoms with E-state index in [4.69, 9.17) is 16.3 Å². The van der Waals surface area contributed by atoms with Crippen molar-refractivity contribution in [2.75, 3.05) is 5.32 Å². The molecule has 0 unspecified atom stereocenters. The standard InChI is InChI=1S/C20H21BrClN3O3/c1-13(2)28-18-7-6-15(21)10-14(18)12-23-25-20(27)9-8-19(26)24-17-5-3-4-16(22)11-17/h3-7,10-13H,8-9H2,1-2H3,(H,24,26)(H,25,27). The molecule has 8 heteroatoms. The van der Waals surface area contributed by atoms with Crippen molar-refractivity contribution in [3.05, 3.63) is 57.5 Å². The highest BCUT2D eigenvalue weighted by Gasteiger charge is 2.08. The molecule has 2 aromatic rings. The Morgan fingerprint density at radius 3 is 2.64 bits per heavy atom. The minimum Gasteiger partial charge on any atom is -0.490 e. The van der Waals surface area contributed by atoms with Gasteiger partial charge in [0.2, 0.25) is 11.8 Å². The molecule has 2 rings (SSSR count). The molecular formula is C20H21BrClN3O3. The van der Waals surface area contributed by atoms with Crippen molar-refractivity contribution in [1.82, 2.24) is 5.43 Å². The zero-order valence-corrected chi connectivity index (χ0v) is 17.9. The number of halogens is 2. The number of carbonyl (C=O) groups excluding carboxylic acids is 2. The van der Waals surface area contributed by atoms with Gasteiger partial charge in [-0.25, -0.2) is 5.43 Å². The molecule has 0 atom stereocenters. The fraction of sp³-hybridized carbons (Fsp3) is 0.250. The van der Waals surface area contributed by atoms with Gasteiger partial charge in [-0.1, -0.05) is 33.6 Å². The molecule has 0 saturated heterocycles. The number of rotatable bonds is 8. The molecule has 2 amide bonds. The topological polar surface area (TPSA) is 79.8 Å². The third kappa shape index (κ3) is 7.70. The van der Waals surface area contributed by atoms with Crippen LogP contribution >= 0.6 is 27.5 Å². The molecule has 2 aromatic carbocycles. The van der Waals surface area contributed by atoms with Crippen LogP contribution < -0.4 is 15.5 Å². The molecular weight excluding hydrogens is 446 g/mol. The maximum absolute atomic E-state index is 11.9. The van der Waals surface area contributed by atoms with E-state index in [2.05, 4.69) is 31.8 Å². The first-order valence-corrected chi connectivity index (χ1v) is 9.84. The molecule has 0 fully saturated rings. The SMILES string of the molecule is CC(C)Oc1ccc(Br)cc1C=NNC(=O)CCC(=O)Nc1cccc(Cl)c1. The predicted molar refractivity (Wildman–Crippen MR) is 115 cm³/mol. The lowest BCUT2D eigenvalue weighted by Crippen LogP contribution is -2.20. The molecule has 0 aliphatic carbocycles. The summed E-state index contributed by atoms with van der Waals surface area (Å²) in [6, 6.07) is 12.3. The number of hydrazone groups is 1.